The van der Waals surface area contributed by atoms with Crippen LogP contribution in [0.25, 0.3) is 11.8 Å². The number of halogens is 2. The Labute approximate surface area is 216 Å². The van der Waals surface area contributed by atoms with Crippen LogP contribution in [0.1, 0.15) is 72.5 Å². The van der Waals surface area contributed by atoms with Gasteiger partial charge in [-0.2, -0.15) is 14.1 Å². The van der Waals surface area contributed by atoms with E-state index in [0.29, 0.717) is 17.5 Å². The highest BCUT2D eigenvalue weighted by atomic mass is 35.5. The van der Waals surface area contributed by atoms with E-state index in [2.05, 4.69) is 25.1 Å². The predicted molar refractivity (Wildman–Crippen MR) is 145 cm³/mol. The van der Waals surface area contributed by atoms with Crippen LogP contribution in [-0.2, 0) is 11.2 Å². The topological polar surface area (TPSA) is 71.6 Å². The van der Waals surface area contributed by atoms with E-state index in [1.807, 2.05) is 50.3 Å². The first kappa shape index (κ1) is 25.1. The Morgan fingerprint density at radius 2 is 1.91 bits per heavy atom. The fourth-order valence-corrected chi connectivity index (χ4v) is 4.12. The molecule has 1 aromatic heterocycles. The Bertz CT molecular complexity index is 1230. The maximum absolute atomic E-state index is 12.8. The van der Waals surface area contributed by atoms with Gasteiger partial charge in [-0.05, 0) is 80.5 Å². The Kier molecular flexibility index (Phi) is 8.37. The highest BCUT2D eigenvalue weighted by molar-refractivity contribution is 6.19. The summed E-state index contributed by atoms with van der Waals surface area (Å²) in [4.78, 5) is 12.8. The number of nitrogens with zero attached hydrogens (tertiary/aromatic N) is 4. The molecule has 0 saturated heterocycles. The molecule has 35 heavy (non-hydrogen) atoms. The van der Waals surface area contributed by atoms with Crippen LogP contribution in [0.4, 0.5) is 0 Å². The van der Waals surface area contributed by atoms with Gasteiger partial charge in [-0.25, -0.2) is 4.68 Å². The molecular formula is C27H29Cl2N5O. The first-order valence-corrected chi connectivity index (χ1v) is 12.5. The minimum atomic E-state index is -0.159. The van der Waals surface area contributed by atoms with E-state index in [9.17, 15) is 4.79 Å². The standard InChI is InChI=1S/C27H29Cl2N5O/c1-18-5-7-20(14-23(18)4-3-13-30-28)15-27(35)32-24(17-31-29)12-6-19(2)34-26(22-10-11-22)16-25(33-34)21-8-9-21/h3-7,12-14,16-17,21-22H,8-11,15H2,1-2H3,(H,32,35)/b4-3-,19-6+,24-12+,30-13?,31-17?. The van der Waals surface area contributed by atoms with Crippen LogP contribution in [0, 0.1) is 6.92 Å². The van der Waals surface area contributed by atoms with Gasteiger partial charge in [0.2, 0.25) is 5.91 Å². The van der Waals surface area contributed by atoms with Gasteiger partial charge in [-0.1, -0.05) is 24.3 Å². The van der Waals surface area contributed by atoms with Crippen molar-refractivity contribution in [2.75, 3.05) is 0 Å². The molecule has 1 N–H and O–H groups in total. The van der Waals surface area contributed by atoms with Gasteiger partial charge in [0.15, 0.2) is 0 Å². The molecule has 0 aliphatic heterocycles. The summed E-state index contributed by atoms with van der Waals surface area (Å²) >= 11 is 10.9. The maximum atomic E-state index is 12.8. The summed E-state index contributed by atoms with van der Waals surface area (Å²) in [5.74, 6) is 1.05. The van der Waals surface area contributed by atoms with Crippen LogP contribution in [0.2, 0.25) is 0 Å². The molecule has 2 saturated carbocycles. The van der Waals surface area contributed by atoms with Crippen molar-refractivity contribution in [3.05, 3.63) is 76.3 Å². The zero-order valence-corrected chi connectivity index (χ0v) is 21.4. The molecule has 2 fully saturated rings. The molecule has 2 aliphatic rings. The smallest absolute Gasteiger partial charge is 0.228 e. The second-order valence-corrected chi connectivity index (χ2v) is 9.52. The van der Waals surface area contributed by atoms with Gasteiger partial charge < -0.3 is 5.32 Å². The van der Waals surface area contributed by atoms with E-state index >= 15 is 0 Å². The van der Waals surface area contributed by atoms with Crippen LogP contribution in [0.15, 0.2) is 57.2 Å². The van der Waals surface area contributed by atoms with Crippen LogP contribution >= 0.6 is 23.6 Å². The third-order valence-electron chi connectivity index (χ3n) is 6.18. The van der Waals surface area contributed by atoms with Gasteiger partial charge in [-0.3, -0.25) is 4.79 Å². The molecule has 1 amide bonds. The molecule has 0 spiro atoms. The van der Waals surface area contributed by atoms with Crippen LogP contribution in [-0.4, -0.2) is 28.1 Å². The summed E-state index contributed by atoms with van der Waals surface area (Å²) in [7, 11) is 0. The lowest BCUT2D eigenvalue weighted by atomic mass is 10.0. The predicted octanol–water partition coefficient (Wildman–Crippen LogP) is 6.51. The molecule has 1 aromatic carbocycles. The average Bonchev–Trinajstić information content (AvgIpc) is 3.78. The summed E-state index contributed by atoms with van der Waals surface area (Å²) in [5.41, 5.74) is 6.97. The summed E-state index contributed by atoms with van der Waals surface area (Å²) in [6, 6.07) is 8.18. The number of rotatable bonds is 10. The van der Waals surface area contributed by atoms with Gasteiger partial charge in [-0.15, -0.1) is 0 Å². The molecule has 2 aromatic rings. The molecular weight excluding hydrogens is 481 g/mol. The van der Waals surface area contributed by atoms with E-state index in [1.165, 1.54) is 49.5 Å². The SMILES string of the molecule is C/C(=C\C=C(/C=NCl)NC(=O)Cc1ccc(C)c(/C=C\C=NCl)c1)n1nc(C2CC2)cc1C1CC1. The number of aromatic nitrogens is 2. The zero-order valence-electron chi connectivity index (χ0n) is 19.9. The summed E-state index contributed by atoms with van der Waals surface area (Å²) in [5, 5.41) is 7.77. The Morgan fingerprint density at radius 3 is 2.60 bits per heavy atom. The average molecular weight is 510 g/mol. The van der Waals surface area contributed by atoms with Gasteiger partial charge >= 0.3 is 0 Å². The Balaban J connectivity index is 1.46. The monoisotopic (exact) mass is 509 g/mol. The van der Waals surface area contributed by atoms with Crippen molar-refractivity contribution in [3.8, 4) is 0 Å². The molecule has 182 valence electrons. The lowest BCUT2D eigenvalue weighted by Crippen LogP contribution is -2.25. The molecule has 0 bridgehead atoms. The first-order valence-electron chi connectivity index (χ1n) is 11.8. The summed E-state index contributed by atoms with van der Waals surface area (Å²) < 4.78 is 9.07. The lowest BCUT2D eigenvalue weighted by Gasteiger charge is -2.08. The third-order valence-corrected chi connectivity index (χ3v) is 6.39. The number of hydrogen-bond donors (Lipinski definition) is 1. The fraction of sp³-hybridized carbons (Fsp3) is 0.333. The number of carbonyl (C=O) groups is 1. The fourth-order valence-electron chi connectivity index (χ4n) is 3.95. The minimum absolute atomic E-state index is 0.159. The summed E-state index contributed by atoms with van der Waals surface area (Å²) in [6.45, 7) is 4.04. The van der Waals surface area contributed by atoms with Crippen molar-refractivity contribution < 1.29 is 4.79 Å². The summed E-state index contributed by atoms with van der Waals surface area (Å²) in [6.07, 6.45) is 15.5. The first-order chi connectivity index (χ1) is 17.0. The molecule has 6 nitrogen and oxygen atoms in total. The van der Waals surface area contributed by atoms with Crippen LogP contribution in [0.3, 0.4) is 0 Å². The van der Waals surface area contributed by atoms with Gasteiger partial charge in [0, 0.05) is 53.0 Å². The number of nitrogens with one attached hydrogen (secondary N) is 1. The number of aryl methyl sites for hydroxylation is 1. The third kappa shape index (κ3) is 7.03. The van der Waals surface area contributed by atoms with E-state index < -0.39 is 0 Å². The second kappa shape index (κ2) is 11.6. The van der Waals surface area contributed by atoms with E-state index in [4.69, 9.17) is 28.7 Å². The Morgan fingerprint density at radius 1 is 1.14 bits per heavy atom. The van der Waals surface area contributed by atoms with Crippen LogP contribution < -0.4 is 5.32 Å². The highest BCUT2D eigenvalue weighted by Crippen LogP contribution is 2.45. The normalized spacial score (nSPS) is 17.3. The number of amides is 1. The molecule has 8 heteroatoms. The molecule has 0 unspecified atom stereocenters. The van der Waals surface area contributed by atoms with Gasteiger partial charge in [0.25, 0.3) is 0 Å². The van der Waals surface area contributed by atoms with Crippen molar-refractivity contribution in [1.82, 2.24) is 15.1 Å². The van der Waals surface area contributed by atoms with Crippen LogP contribution in [0.5, 0.6) is 0 Å². The van der Waals surface area contributed by atoms with Crippen molar-refractivity contribution in [1.29, 1.82) is 0 Å². The highest BCUT2D eigenvalue weighted by Gasteiger charge is 2.32. The zero-order chi connectivity index (χ0) is 24.8. The number of hydrogen-bond acceptors (Lipinski definition) is 4. The van der Waals surface area contributed by atoms with Gasteiger partial charge in [0.1, 0.15) is 0 Å². The molecule has 4 rings (SSSR count). The molecule has 0 radical (unpaired) electrons. The molecule has 2 aliphatic carbocycles. The van der Waals surface area contributed by atoms with Crippen molar-refractivity contribution >= 4 is 53.7 Å². The number of benzene rings is 1. The van der Waals surface area contributed by atoms with Gasteiger partial charge in [0.05, 0.1) is 24.0 Å². The number of allylic oxidation sites excluding steroid dienone is 5. The lowest BCUT2D eigenvalue weighted by molar-refractivity contribution is -0.119. The van der Waals surface area contributed by atoms with E-state index in [1.54, 1.807) is 6.08 Å². The second-order valence-electron chi connectivity index (χ2n) is 9.13. The van der Waals surface area contributed by atoms with Crippen molar-refractivity contribution in [2.45, 2.75) is 57.8 Å². The number of carbonyl (C=O) groups excluding carboxylic acids is 1. The largest absolute Gasteiger partial charge is 0.324 e. The molecule has 0 atom stereocenters. The van der Waals surface area contributed by atoms with E-state index in [-0.39, 0.29) is 12.3 Å². The molecule has 1 heterocycles. The van der Waals surface area contributed by atoms with Crippen molar-refractivity contribution in [3.63, 3.8) is 0 Å². The Hall–Kier alpha value is -2.96. The quantitative estimate of drug-likeness (QED) is 0.292. The minimum Gasteiger partial charge on any atom is -0.324 e. The van der Waals surface area contributed by atoms with Crippen molar-refractivity contribution in [2.24, 2.45) is 9.02 Å². The van der Waals surface area contributed by atoms with E-state index in [0.717, 1.165) is 22.4 Å². The maximum Gasteiger partial charge on any atom is 0.228 e.